The Morgan fingerprint density at radius 1 is 0.842 bits per heavy atom. The number of alkyl halides is 2. The Bertz CT molecular complexity index is 999. The maximum atomic E-state index is 14.8. The number of hydrogen-bond acceptors (Lipinski definition) is 1. The molecule has 4 rings (SSSR count). The van der Waals surface area contributed by atoms with Gasteiger partial charge in [0.15, 0.2) is 0 Å². The third-order valence-corrected chi connectivity index (χ3v) is 9.07. The van der Waals surface area contributed by atoms with E-state index in [1.807, 2.05) is 18.2 Å². The van der Waals surface area contributed by atoms with Gasteiger partial charge in [-0.3, -0.25) is 0 Å². The van der Waals surface area contributed by atoms with E-state index >= 15 is 0 Å². The minimum absolute atomic E-state index is 0.162. The van der Waals surface area contributed by atoms with Gasteiger partial charge in [-0.2, -0.15) is 8.78 Å². The maximum absolute atomic E-state index is 14.8. The fraction of sp³-hybridized carbons (Fsp3) is 0.588. The summed E-state index contributed by atoms with van der Waals surface area (Å²) in [5, 5.41) is 0. The number of hydrogen-bond donors (Lipinski definition) is 0. The Morgan fingerprint density at radius 3 is 2.00 bits per heavy atom. The highest BCUT2D eigenvalue weighted by Crippen LogP contribution is 2.40. The molecule has 2 aromatic rings. The van der Waals surface area contributed by atoms with E-state index in [0.717, 1.165) is 55.6 Å². The van der Waals surface area contributed by atoms with E-state index in [0.29, 0.717) is 18.3 Å². The van der Waals surface area contributed by atoms with Gasteiger partial charge in [0.05, 0.1) is 12.2 Å². The van der Waals surface area contributed by atoms with Crippen LogP contribution in [0, 0.1) is 17.7 Å². The first-order valence-electron chi connectivity index (χ1n) is 14.9. The Balaban J connectivity index is 1.25. The number of rotatable bonds is 12. The van der Waals surface area contributed by atoms with E-state index in [1.165, 1.54) is 56.2 Å². The van der Waals surface area contributed by atoms with Crippen LogP contribution in [0.1, 0.15) is 118 Å². The van der Waals surface area contributed by atoms with Gasteiger partial charge >= 0.3 is 6.11 Å². The van der Waals surface area contributed by atoms with Crippen LogP contribution in [0.2, 0.25) is 0 Å². The van der Waals surface area contributed by atoms with Crippen molar-refractivity contribution >= 4 is 0 Å². The quantitative estimate of drug-likeness (QED) is 0.250. The predicted octanol–water partition coefficient (Wildman–Crippen LogP) is 10.4. The third-order valence-electron chi connectivity index (χ3n) is 9.07. The highest BCUT2D eigenvalue weighted by molar-refractivity contribution is 5.29. The van der Waals surface area contributed by atoms with Crippen LogP contribution in [0.4, 0.5) is 13.2 Å². The minimum atomic E-state index is -3.65. The molecule has 0 N–H and O–H groups in total. The second kappa shape index (κ2) is 13.8. The van der Waals surface area contributed by atoms with Crippen LogP contribution in [0.5, 0.6) is 0 Å². The Hall–Kier alpha value is -2.07. The Morgan fingerprint density at radius 2 is 1.42 bits per heavy atom. The first-order chi connectivity index (χ1) is 18.4. The smallest absolute Gasteiger partial charge is 0.316 e. The van der Waals surface area contributed by atoms with Crippen molar-refractivity contribution in [1.29, 1.82) is 0 Å². The second-order valence-corrected chi connectivity index (χ2v) is 11.7. The van der Waals surface area contributed by atoms with Crippen LogP contribution < -0.4 is 0 Å². The highest BCUT2D eigenvalue weighted by Gasteiger charge is 2.36. The van der Waals surface area contributed by atoms with E-state index in [9.17, 15) is 13.2 Å². The predicted molar refractivity (Wildman–Crippen MR) is 150 cm³/mol. The van der Waals surface area contributed by atoms with Crippen molar-refractivity contribution in [2.24, 2.45) is 11.8 Å². The SMILES string of the molecule is C=CCC[C@H]1CC[C@H](c2ccc(C(F)(F)OCCc3ccc([C@H]4CC[C@H](CCC)CC4)cc3)c(F)c2)CC1. The molecule has 2 aliphatic rings. The molecule has 208 valence electrons. The van der Waals surface area contributed by atoms with Crippen molar-refractivity contribution in [1.82, 2.24) is 0 Å². The molecule has 0 spiro atoms. The van der Waals surface area contributed by atoms with Gasteiger partial charge in [0, 0.05) is 0 Å². The third kappa shape index (κ3) is 7.74. The normalized spacial score (nSPS) is 24.3. The molecule has 1 nitrogen and oxygen atoms in total. The maximum Gasteiger partial charge on any atom is 0.386 e. The lowest BCUT2D eigenvalue weighted by Gasteiger charge is -2.29. The van der Waals surface area contributed by atoms with Crippen molar-refractivity contribution < 1.29 is 17.9 Å². The Kier molecular flexibility index (Phi) is 10.5. The number of allylic oxidation sites excluding steroid dienone is 1. The molecule has 4 heteroatoms. The standard InChI is InChI=1S/C34H45F3O/c1-3-5-7-26-10-18-30(19-11-26)31-20-21-32(33(35)24-31)34(36,37)38-23-22-27-12-16-29(17-13-27)28-14-8-25(6-4-2)9-15-28/h3,12-13,16-17,20-21,24-26,28,30H,1,4-11,14-15,18-19,22-23H2,2H3/t25-,26-,28-,30-. The monoisotopic (exact) mass is 526 g/mol. The largest absolute Gasteiger partial charge is 0.386 e. The van der Waals surface area contributed by atoms with E-state index in [2.05, 4.69) is 25.6 Å². The number of benzene rings is 2. The molecule has 0 saturated heterocycles. The molecule has 0 unspecified atom stereocenters. The van der Waals surface area contributed by atoms with Gasteiger partial charge in [-0.25, -0.2) is 4.39 Å². The second-order valence-electron chi connectivity index (χ2n) is 11.7. The summed E-state index contributed by atoms with van der Waals surface area (Å²) in [4.78, 5) is 0. The summed E-state index contributed by atoms with van der Waals surface area (Å²) in [6.07, 6.45) is 12.7. The average molecular weight is 527 g/mol. The first kappa shape index (κ1) is 28.9. The van der Waals surface area contributed by atoms with Crippen molar-refractivity contribution in [3.05, 3.63) is 83.2 Å². The molecule has 0 aromatic heterocycles. The van der Waals surface area contributed by atoms with Crippen molar-refractivity contribution in [3.63, 3.8) is 0 Å². The molecule has 38 heavy (non-hydrogen) atoms. The van der Waals surface area contributed by atoms with Crippen molar-refractivity contribution in [2.45, 2.75) is 108 Å². The topological polar surface area (TPSA) is 9.23 Å². The zero-order valence-corrected chi connectivity index (χ0v) is 23.1. The van der Waals surface area contributed by atoms with Gasteiger partial charge in [0.2, 0.25) is 0 Å². The summed E-state index contributed by atoms with van der Waals surface area (Å²) < 4.78 is 49.3. The van der Waals surface area contributed by atoms with Gasteiger partial charge in [0.25, 0.3) is 0 Å². The summed E-state index contributed by atoms with van der Waals surface area (Å²) >= 11 is 0. The van der Waals surface area contributed by atoms with Gasteiger partial charge in [-0.05, 0) is 123 Å². The molecule has 0 amide bonds. The van der Waals surface area contributed by atoms with E-state index in [4.69, 9.17) is 4.74 Å². The molecule has 2 aromatic carbocycles. The molecular formula is C34H45F3O. The molecule has 0 heterocycles. The van der Waals surface area contributed by atoms with Crippen LogP contribution in [0.3, 0.4) is 0 Å². The molecular weight excluding hydrogens is 481 g/mol. The lowest BCUT2D eigenvalue weighted by atomic mass is 9.77. The molecule has 2 fully saturated rings. The minimum Gasteiger partial charge on any atom is -0.316 e. The van der Waals surface area contributed by atoms with Gasteiger partial charge < -0.3 is 4.74 Å². The van der Waals surface area contributed by atoms with E-state index in [-0.39, 0.29) is 12.5 Å². The Labute approximate surface area is 227 Å². The van der Waals surface area contributed by atoms with Gasteiger partial charge in [0.1, 0.15) is 5.82 Å². The van der Waals surface area contributed by atoms with Crippen LogP contribution in [-0.2, 0) is 17.3 Å². The van der Waals surface area contributed by atoms with Crippen molar-refractivity contribution in [3.8, 4) is 0 Å². The lowest BCUT2D eigenvalue weighted by Crippen LogP contribution is -2.22. The number of ether oxygens (including phenoxy) is 1. The zero-order chi connectivity index (χ0) is 27.0. The van der Waals surface area contributed by atoms with Crippen LogP contribution in [-0.4, -0.2) is 6.61 Å². The molecule has 0 bridgehead atoms. The number of halogens is 3. The fourth-order valence-corrected chi connectivity index (χ4v) is 6.68. The average Bonchev–Trinajstić information content (AvgIpc) is 2.93. The van der Waals surface area contributed by atoms with E-state index < -0.39 is 17.5 Å². The van der Waals surface area contributed by atoms with E-state index in [1.54, 1.807) is 6.07 Å². The summed E-state index contributed by atoms with van der Waals surface area (Å²) in [5.41, 5.74) is 2.46. The van der Waals surface area contributed by atoms with Crippen LogP contribution in [0.25, 0.3) is 0 Å². The zero-order valence-electron chi connectivity index (χ0n) is 23.1. The molecule has 0 radical (unpaired) electrons. The molecule has 0 aliphatic heterocycles. The van der Waals surface area contributed by atoms with Crippen LogP contribution in [0.15, 0.2) is 55.1 Å². The molecule has 2 aliphatic carbocycles. The summed E-state index contributed by atoms with van der Waals surface area (Å²) in [7, 11) is 0. The molecule has 2 saturated carbocycles. The van der Waals surface area contributed by atoms with Crippen LogP contribution >= 0.6 is 0 Å². The van der Waals surface area contributed by atoms with Gasteiger partial charge in [-0.1, -0.05) is 56.2 Å². The first-order valence-corrected chi connectivity index (χ1v) is 14.9. The van der Waals surface area contributed by atoms with Gasteiger partial charge in [-0.15, -0.1) is 6.58 Å². The summed E-state index contributed by atoms with van der Waals surface area (Å²) in [5.74, 6) is 1.54. The molecule has 0 atom stereocenters. The summed E-state index contributed by atoms with van der Waals surface area (Å²) in [6.45, 7) is 5.89. The highest BCUT2D eigenvalue weighted by atomic mass is 19.3. The lowest BCUT2D eigenvalue weighted by molar-refractivity contribution is -0.249. The fourth-order valence-electron chi connectivity index (χ4n) is 6.68. The summed E-state index contributed by atoms with van der Waals surface area (Å²) in [6, 6.07) is 12.5. The van der Waals surface area contributed by atoms with Crippen molar-refractivity contribution in [2.75, 3.05) is 6.61 Å².